The van der Waals surface area contributed by atoms with E-state index in [2.05, 4.69) is 30.2 Å². The number of unbranched alkanes of at least 4 members (excludes halogenated alkanes) is 3. The van der Waals surface area contributed by atoms with E-state index in [4.69, 9.17) is 0 Å². The maximum Gasteiger partial charge on any atom is 0.0570 e. The SMILES string of the molecule is CCCCCCN[C@H](C)c1ccccn1. The Kier molecular flexibility index (Phi) is 6.02. The molecule has 84 valence electrons. The normalized spacial score (nSPS) is 12.7. The highest BCUT2D eigenvalue weighted by Crippen LogP contribution is 2.08. The molecule has 1 heterocycles. The third-order valence-electron chi connectivity index (χ3n) is 2.61. The Bertz CT molecular complexity index is 246. The van der Waals surface area contributed by atoms with Crippen LogP contribution >= 0.6 is 0 Å². The maximum absolute atomic E-state index is 4.33. The molecule has 0 saturated carbocycles. The number of hydrogen-bond donors (Lipinski definition) is 1. The van der Waals surface area contributed by atoms with E-state index in [0.29, 0.717) is 6.04 Å². The first-order chi connectivity index (χ1) is 7.34. The Hall–Kier alpha value is -0.890. The van der Waals surface area contributed by atoms with Crippen LogP contribution in [0.15, 0.2) is 24.4 Å². The Morgan fingerprint density at radius 3 is 2.80 bits per heavy atom. The monoisotopic (exact) mass is 206 g/mol. The van der Waals surface area contributed by atoms with Crippen LogP contribution in [0.4, 0.5) is 0 Å². The summed E-state index contributed by atoms with van der Waals surface area (Å²) in [5.41, 5.74) is 1.13. The molecule has 15 heavy (non-hydrogen) atoms. The van der Waals surface area contributed by atoms with E-state index in [9.17, 15) is 0 Å². The lowest BCUT2D eigenvalue weighted by atomic mass is 10.2. The molecule has 0 fully saturated rings. The van der Waals surface area contributed by atoms with Crippen molar-refractivity contribution < 1.29 is 0 Å². The van der Waals surface area contributed by atoms with Crippen molar-refractivity contribution in [3.8, 4) is 0 Å². The van der Waals surface area contributed by atoms with E-state index < -0.39 is 0 Å². The molecule has 0 amide bonds. The lowest BCUT2D eigenvalue weighted by Crippen LogP contribution is -2.20. The zero-order chi connectivity index (χ0) is 10.9. The van der Waals surface area contributed by atoms with E-state index in [0.717, 1.165) is 12.2 Å². The largest absolute Gasteiger partial charge is 0.309 e. The van der Waals surface area contributed by atoms with Gasteiger partial charge in [0.15, 0.2) is 0 Å². The van der Waals surface area contributed by atoms with E-state index >= 15 is 0 Å². The molecule has 2 heteroatoms. The van der Waals surface area contributed by atoms with E-state index in [1.165, 1.54) is 25.7 Å². The summed E-state index contributed by atoms with van der Waals surface area (Å²) >= 11 is 0. The summed E-state index contributed by atoms with van der Waals surface area (Å²) in [4.78, 5) is 4.33. The van der Waals surface area contributed by atoms with Crippen LogP contribution in [0.5, 0.6) is 0 Å². The van der Waals surface area contributed by atoms with Gasteiger partial charge >= 0.3 is 0 Å². The topological polar surface area (TPSA) is 24.9 Å². The van der Waals surface area contributed by atoms with Crippen molar-refractivity contribution in [1.29, 1.82) is 0 Å². The molecule has 1 aromatic heterocycles. The molecule has 2 nitrogen and oxygen atoms in total. The zero-order valence-electron chi connectivity index (χ0n) is 9.87. The molecule has 1 rings (SSSR count). The van der Waals surface area contributed by atoms with Gasteiger partial charge in [-0.3, -0.25) is 4.98 Å². The average molecular weight is 206 g/mol. The minimum absolute atomic E-state index is 0.368. The van der Waals surface area contributed by atoms with E-state index in [-0.39, 0.29) is 0 Å². The van der Waals surface area contributed by atoms with Crippen molar-refractivity contribution in [3.05, 3.63) is 30.1 Å². The third kappa shape index (κ3) is 4.93. The van der Waals surface area contributed by atoms with Gasteiger partial charge in [0.2, 0.25) is 0 Å². The summed E-state index contributed by atoms with van der Waals surface area (Å²) < 4.78 is 0. The molecule has 0 spiro atoms. The Labute approximate surface area is 93.1 Å². The minimum atomic E-state index is 0.368. The fourth-order valence-corrected chi connectivity index (χ4v) is 1.61. The first-order valence-electron chi connectivity index (χ1n) is 5.99. The molecule has 0 aliphatic rings. The highest BCUT2D eigenvalue weighted by Gasteiger charge is 2.03. The fraction of sp³-hybridized carbons (Fsp3) is 0.615. The Morgan fingerprint density at radius 2 is 2.13 bits per heavy atom. The molecule has 0 unspecified atom stereocenters. The van der Waals surface area contributed by atoms with Crippen LogP contribution in [0.25, 0.3) is 0 Å². The number of nitrogens with one attached hydrogen (secondary N) is 1. The number of pyridine rings is 1. The number of hydrogen-bond acceptors (Lipinski definition) is 2. The van der Waals surface area contributed by atoms with Crippen LogP contribution in [-0.4, -0.2) is 11.5 Å². The molecule has 0 saturated heterocycles. The van der Waals surface area contributed by atoms with Crippen LogP contribution < -0.4 is 5.32 Å². The fourth-order valence-electron chi connectivity index (χ4n) is 1.61. The molecule has 0 bridgehead atoms. The third-order valence-corrected chi connectivity index (χ3v) is 2.61. The van der Waals surface area contributed by atoms with Gasteiger partial charge in [-0.25, -0.2) is 0 Å². The Morgan fingerprint density at radius 1 is 1.27 bits per heavy atom. The molecular weight excluding hydrogens is 184 g/mol. The molecule has 0 aliphatic heterocycles. The van der Waals surface area contributed by atoms with Gasteiger partial charge in [0, 0.05) is 12.2 Å². The number of aromatic nitrogens is 1. The predicted octanol–water partition coefficient (Wildman–Crippen LogP) is 3.31. The summed E-state index contributed by atoms with van der Waals surface area (Å²) in [6.45, 7) is 5.50. The molecule has 1 aromatic rings. The van der Waals surface area contributed by atoms with Crippen molar-refractivity contribution in [2.24, 2.45) is 0 Å². The van der Waals surface area contributed by atoms with Gasteiger partial charge in [0.1, 0.15) is 0 Å². The van der Waals surface area contributed by atoms with Crippen molar-refractivity contribution in [3.63, 3.8) is 0 Å². The van der Waals surface area contributed by atoms with Gasteiger partial charge in [-0.2, -0.15) is 0 Å². The standard InChI is InChI=1S/C13H22N2/c1-3-4-5-7-10-14-12(2)13-9-6-8-11-15-13/h6,8-9,11-12,14H,3-5,7,10H2,1-2H3/t12-/m1/s1. The van der Waals surface area contributed by atoms with Crippen LogP contribution in [0, 0.1) is 0 Å². The van der Waals surface area contributed by atoms with Crippen LogP contribution in [0.1, 0.15) is 51.3 Å². The molecular formula is C13H22N2. The predicted molar refractivity (Wildman–Crippen MR) is 64.8 cm³/mol. The second-order valence-electron chi connectivity index (χ2n) is 3.99. The van der Waals surface area contributed by atoms with Gasteiger partial charge < -0.3 is 5.32 Å². The first kappa shape index (κ1) is 12.2. The highest BCUT2D eigenvalue weighted by molar-refractivity contribution is 5.07. The van der Waals surface area contributed by atoms with E-state index in [1.807, 2.05) is 18.3 Å². The average Bonchev–Trinajstić information content (AvgIpc) is 2.30. The van der Waals surface area contributed by atoms with Gasteiger partial charge in [-0.1, -0.05) is 32.3 Å². The summed E-state index contributed by atoms with van der Waals surface area (Å²) in [7, 11) is 0. The van der Waals surface area contributed by atoms with Crippen LogP contribution in [-0.2, 0) is 0 Å². The number of nitrogens with zero attached hydrogens (tertiary/aromatic N) is 1. The van der Waals surface area contributed by atoms with Crippen molar-refractivity contribution in [2.45, 2.75) is 45.6 Å². The summed E-state index contributed by atoms with van der Waals surface area (Å²) in [5.74, 6) is 0. The summed E-state index contributed by atoms with van der Waals surface area (Å²) in [5, 5.41) is 3.50. The quantitative estimate of drug-likeness (QED) is 0.692. The van der Waals surface area contributed by atoms with Gasteiger partial charge in [-0.05, 0) is 32.0 Å². The lowest BCUT2D eigenvalue weighted by molar-refractivity contribution is 0.528. The minimum Gasteiger partial charge on any atom is -0.309 e. The second-order valence-corrected chi connectivity index (χ2v) is 3.99. The number of rotatable bonds is 7. The zero-order valence-corrected chi connectivity index (χ0v) is 9.87. The van der Waals surface area contributed by atoms with Crippen molar-refractivity contribution in [1.82, 2.24) is 10.3 Å². The van der Waals surface area contributed by atoms with Crippen molar-refractivity contribution >= 4 is 0 Å². The first-order valence-corrected chi connectivity index (χ1v) is 5.99. The molecule has 1 atom stereocenters. The molecule has 0 aromatic carbocycles. The molecule has 0 radical (unpaired) electrons. The molecule has 0 aliphatic carbocycles. The highest BCUT2D eigenvalue weighted by atomic mass is 14.9. The smallest absolute Gasteiger partial charge is 0.0570 e. The van der Waals surface area contributed by atoms with E-state index in [1.54, 1.807) is 0 Å². The van der Waals surface area contributed by atoms with Crippen molar-refractivity contribution in [2.75, 3.05) is 6.54 Å². The summed E-state index contributed by atoms with van der Waals surface area (Å²) in [6, 6.07) is 6.44. The second kappa shape index (κ2) is 7.41. The van der Waals surface area contributed by atoms with Gasteiger partial charge in [0.05, 0.1) is 5.69 Å². The van der Waals surface area contributed by atoms with Crippen LogP contribution in [0.2, 0.25) is 0 Å². The van der Waals surface area contributed by atoms with Gasteiger partial charge in [0.25, 0.3) is 0 Å². The molecule has 1 N–H and O–H groups in total. The lowest BCUT2D eigenvalue weighted by Gasteiger charge is -2.12. The Balaban J connectivity index is 2.16. The maximum atomic E-state index is 4.33. The summed E-state index contributed by atoms with van der Waals surface area (Å²) in [6.07, 6.45) is 7.10. The van der Waals surface area contributed by atoms with Crippen LogP contribution in [0.3, 0.4) is 0 Å². The van der Waals surface area contributed by atoms with Gasteiger partial charge in [-0.15, -0.1) is 0 Å².